The number of halogens is 2. The maximum Gasteiger partial charge on any atom is 0.266 e. The number of rotatable bonds is 6. The van der Waals surface area contributed by atoms with Crippen LogP contribution in [0.2, 0.25) is 10.0 Å². The van der Waals surface area contributed by atoms with E-state index in [1.165, 1.54) is 11.3 Å². The minimum absolute atomic E-state index is 0.0676. The van der Waals surface area contributed by atoms with Crippen LogP contribution in [-0.4, -0.2) is 40.9 Å². The molecular weight excluding hydrogens is 503 g/mol. The quantitative estimate of drug-likeness (QED) is 0.472. The highest BCUT2D eigenvalue weighted by atomic mass is 35.5. The van der Waals surface area contributed by atoms with E-state index in [0.717, 1.165) is 21.6 Å². The summed E-state index contributed by atoms with van der Waals surface area (Å²) in [5.41, 5.74) is 3.02. The van der Waals surface area contributed by atoms with Gasteiger partial charge in [0.2, 0.25) is 5.91 Å². The van der Waals surface area contributed by atoms with Gasteiger partial charge in [0.1, 0.15) is 4.88 Å². The Morgan fingerprint density at radius 3 is 2.29 bits per heavy atom. The Balaban J connectivity index is 1.83. The number of carbonyl (C=O) groups excluding carboxylic acids is 2. The first-order valence-electron chi connectivity index (χ1n) is 11.6. The lowest BCUT2D eigenvalue weighted by molar-refractivity contribution is -0.123. The lowest BCUT2D eigenvalue weighted by Gasteiger charge is -2.27. The molecule has 1 atom stereocenters. The number of nitrogens with zero attached hydrogens (tertiary/aromatic N) is 3. The zero-order valence-corrected chi connectivity index (χ0v) is 22.3. The normalized spacial score (nSPS) is 15.4. The van der Waals surface area contributed by atoms with Crippen LogP contribution in [0.3, 0.4) is 0 Å². The molecule has 184 valence electrons. The summed E-state index contributed by atoms with van der Waals surface area (Å²) in [5.74, 6) is -0.195. The van der Waals surface area contributed by atoms with Crippen molar-refractivity contribution >= 4 is 46.4 Å². The summed E-state index contributed by atoms with van der Waals surface area (Å²) in [6.45, 7) is 7.74. The van der Waals surface area contributed by atoms with Crippen LogP contribution in [0.4, 0.5) is 0 Å². The molecule has 1 aromatic heterocycles. The van der Waals surface area contributed by atoms with E-state index >= 15 is 0 Å². The van der Waals surface area contributed by atoms with Crippen LogP contribution in [0.25, 0.3) is 0 Å². The van der Waals surface area contributed by atoms with Gasteiger partial charge in [0.15, 0.2) is 4.80 Å². The smallest absolute Gasteiger partial charge is 0.266 e. The largest absolute Gasteiger partial charge is 0.353 e. The molecule has 0 spiro atoms. The van der Waals surface area contributed by atoms with Crippen molar-refractivity contribution in [2.45, 2.75) is 39.3 Å². The highest BCUT2D eigenvalue weighted by Gasteiger charge is 2.30. The Labute approximate surface area is 219 Å². The Morgan fingerprint density at radius 2 is 1.69 bits per heavy atom. The molecule has 1 fully saturated rings. The second-order valence-corrected chi connectivity index (χ2v) is 10.7. The third-order valence-corrected chi connectivity index (χ3v) is 7.61. The molecule has 9 heteroatoms. The molecule has 1 aliphatic rings. The van der Waals surface area contributed by atoms with Crippen LogP contribution in [0.5, 0.6) is 0 Å². The average molecular weight is 532 g/mol. The molecule has 1 saturated heterocycles. The summed E-state index contributed by atoms with van der Waals surface area (Å²) in [6.07, 6.45) is 0. The molecule has 2 aromatic carbocycles. The third-order valence-electron chi connectivity index (χ3n) is 6.01. The number of piperazine rings is 1. The van der Waals surface area contributed by atoms with Gasteiger partial charge in [-0.05, 0) is 48.2 Å². The zero-order valence-electron chi connectivity index (χ0n) is 19.9. The van der Waals surface area contributed by atoms with Crippen molar-refractivity contribution in [3.8, 4) is 0 Å². The number of hydrogen-bond donors (Lipinski definition) is 1. The van der Waals surface area contributed by atoms with E-state index in [2.05, 4.69) is 30.7 Å². The number of amides is 2. The molecule has 35 heavy (non-hydrogen) atoms. The fourth-order valence-electron chi connectivity index (χ4n) is 4.18. The Kier molecular flexibility index (Phi) is 7.99. The van der Waals surface area contributed by atoms with Gasteiger partial charge in [-0.3, -0.25) is 14.6 Å². The van der Waals surface area contributed by atoms with Crippen LogP contribution in [0.1, 0.15) is 59.2 Å². The Hall–Kier alpha value is -2.61. The van der Waals surface area contributed by atoms with Crippen molar-refractivity contribution < 1.29 is 9.59 Å². The van der Waals surface area contributed by atoms with Crippen LogP contribution < -0.4 is 10.1 Å². The second-order valence-electron chi connectivity index (χ2n) is 8.87. The second kappa shape index (κ2) is 11.0. The van der Waals surface area contributed by atoms with E-state index in [9.17, 15) is 9.59 Å². The molecule has 0 bridgehead atoms. The van der Waals surface area contributed by atoms with Gasteiger partial charge in [0.05, 0.1) is 19.1 Å². The van der Waals surface area contributed by atoms with E-state index in [0.29, 0.717) is 34.6 Å². The summed E-state index contributed by atoms with van der Waals surface area (Å²) in [5, 5.41) is 4.14. The molecule has 2 heterocycles. The van der Waals surface area contributed by atoms with Gasteiger partial charge >= 0.3 is 0 Å². The van der Waals surface area contributed by atoms with Gasteiger partial charge in [-0.1, -0.05) is 72.7 Å². The molecular formula is C26H28Cl2N4O2S. The van der Waals surface area contributed by atoms with E-state index in [1.54, 1.807) is 4.90 Å². The van der Waals surface area contributed by atoms with E-state index in [4.69, 9.17) is 28.2 Å². The highest BCUT2D eigenvalue weighted by molar-refractivity contribution is 7.11. The van der Waals surface area contributed by atoms with Crippen LogP contribution in [0.15, 0.2) is 53.5 Å². The number of hydrogen-bond acceptors (Lipinski definition) is 4. The predicted octanol–water partition coefficient (Wildman–Crippen LogP) is 5.26. The lowest BCUT2D eigenvalue weighted by atomic mass is 10.0. The molecule has 0 aliphatic carbocycles. The number of thiazole rings is 1. The summed E-state index contributed by atoms with van der Waals surface area (Å²) >= 11 is 13.6. The van der Waals surface area contributed by atoms with Gasteiger partial charge in [0, 0.05) is 28.8 Å². The van der Waals surface area contributed by atoms with Crippen molar-refractivity contribution in [1.29, 1.82) is 0 Å². The lowest BCUT2D eigenvalue weighted by Crippen LogP contribution is -2.50. The van der Waals surface area contributed by atoms with Crippen molar-refractivity contribution in [2.24, 2.45) is 4.99 Å². The monoisotopic (exact) mass is 530 g/mol. The molecule has 6 nitrogen and oxygen atoms in total. The standard InChI is InChI=1S/C26H28Cl2N4O2S/c1-16(2)23-24(25(34)31-13-12-29-22(33)15-31)35-26(30-14-18-4-8-20(27)9-5-18)32(23)17(3)19-6-10-21(28)11-7-19/h4-11,16-17H,12-15H2,1-3H3,(H,29,33)/b30-26+/t17-/m1/s1. The first-order valence-corrected chi connectivity index (χ1v) is 13.1. The van der Waals surface area contributed by atoms with Gasteiger partial charge in [0.25, 0.3) is 5.91 Å². The van der Waals surface area contributed by atoms with Crippen molar-refractivity contribution in [2.75, 3.05) is 19.6 Å². The highest BCUT2D eigenvalue weighted by Crippen LogP contribution is 2.30. The number of aromatic nitrogens is 1. The number of carbonyl (C=O) groups is 2. The topological polar surface area (TPSA) is 66.7 Å². The molecule has 0 saturated carbocycles. The summed E-state index contributed by atoms with van der Waals surface area (Å²) in [4.78, 5) is 33.5. The van der Waals surface area contributed by atoms with E-state index < -0.39 is 0 Å². The van der Waals surface area contributed by atoms with Crippen molar-refractivity contribution in [3.05, 3.63) is 85.1 Å². The van der Waals surface area contributed by atoms with Gasteiger partial charge < -0.3 is 14.8 Å². The van der Waals surface area contributed by atoms with Crippen molar-refractivity contribution in [1.82, 2.24) is 14.8 Å². The third kappa shape index (κ3) is 5.80. The zero-order chi connectivity index (χ0) is 25.1. The van der Waals surface area contributed by atoms with E-state index in [1.807, 2.05) is 48.5 Å². The average Bonchev–Trinajstić information content (AvgIpc) is 3.23. The Bertz CT molecular complexity index is 1280. The fourth-order valence-corrected chi connectivity index (χ4v) is 5.75. The van der Waals surface area contributed by atoms with Gasteiger partial charge in [-0.2, -0.15) is 0 Å². The first-order chi connectivity index (χ1) is 16.7. The molecule has 1 aliphatic heterocycles. The van der Waals surface area contributed by atoms with Gasteiger partial charge in [-0.15, -0.1) is 0 Å². The maximum absolute atomic E-state index is 13.6. The minimum Gasteiger partial charge on any atom is -0.353 e. The van der Waals surface area contributed by atoms with Crippen LogP contribution in [0, 0.1) is 0 Å². The molecule has 2 amide bonds. The van der Waals surface area contributed by atoms with Gasteiger partial charge in [-0.25, -0.2) is 0 Å². The van der Waals surface area contributed by atoms with Crippen LogP contribution >= 0.6 is 34.5 Å². The molecule has 4 rings (SSSR count). The predicted molar refractivity (Wildman–Crippen MR) is 141 cm³/mol. The van der Waals surface area contributed by atoms with Crippen molar-refractivity contribution in [3.63, 3.8) is 0 Å². The fraction of sp³-hybridized carbons (Fsp3) is 0.346. The summed E-state index contributed by atoms with van der Waals surface area (Å²) < 4.78 is 2.16. The maximum atomic E-state index is 13.6. The summed E-state index contributed by atoms with van der Waals surface area (Å²) in [7, 11) is 0. The summed E-state index contributed by atoms with van der Waals surface area (Å²) in [6, 6.07) is 15.3. The van der Waals surface area contributed by atoms with E-state index in [-0.39, 0.29) is 30.3 Å². The molecule has 0 radical (unpaired) electrons. The Morgan fingerprint density at radius 1 is 1.06 bits per heavy atom. The minimum atomic E-state index is -0.137. The number of nitrogens with one attached hydrogen (secondary N) is 1. The number of benzene rings is 2. The molecule has 0 unspecified atom stereocenters. The molecule has 3 aromatic rings. The molecule has 1 N–H and O–H groups in total. The first kappa shape index (κ1) is 25.5. The van der Waals surface area contributed by atoms with Crippen LogP contribution in [-0.2, 0) is 11.3 Å². The SMILES string of the molecule is CC(C)c1c(C(=O)N2CCNC(=O)C2)s/c(=N/Cc2ccc(Cl)cc2)n1[C@H](C)c1ccc(Cl)cc1.